The summed E-state index contributed by atoms with van der Waals surface area (Å²) in [5, 5.41) is 9.32. The van der Waals surface area contributed by atoms with E-state index in [4.69, 9.17) is 0 Å². The summed E-state index contributed by atoms with van der Waals surface area (Å²) in [6, 6.07) is 8.19. The van der Waals surface area contributed by atoms with Crippen molar-refractivity contribution >= 4 is 12.1 Å². The van der Waals surface area contributed by atoms with E-state index >= 15 is 0 Å². The zero-order chi connectivity index (χ0) is 13.7. The van der Waals surface area contributed by atoms with Crippen molar-refractivity contribution in [1.82, 2.24) is 15.6 Å². The van der Waals surface area contributed by atoms with Crippen LogP contribution in [-0.4, -0.2) is 22.3 Å². The number of hydrazone groups is 1. The van der Waals surface area contributed by atoms with Crippen molar-refractivity contribution in [3.05, 3.63) is 63.8 Å². The lowest BCUT2D eigenvalue weighted by atomic mass is 10.2. The molecule has 2 aromatic rings. The van der Waals surface area contributed by atoms with E-state index in [2.05, 4.69) is 20.7 Å². The number of nitrogens with one attached hydrogen (secondary N) is 2. The zero-order valence-electron chi connectivity index (χ0n) is 9.63. The summed E-state index contributed by atoms with van der Waals surface area (Å²) in [6.07, 6.45) is 1.30. The van der Waals surface area contributed by atoms with Gasteiger partial charge in [-0.2, -0.15) is 10.2 Å². The highest BCUT2D eigenvalue weighted by Gasteiger charge is 2.05. The summed E-state index contributed by atoms with van der Waals surface area (Å²) in [4.78, 5) is 22.3. The van der Waals surface area contributed by atoms with Gasteiger partial charge in [0, 0.05) is 6.07 Å². The minimum absolute atomic E-state index is 0.0241. The largest absolute Gasteiger partial charge is 0.291 e. The third-order valence-corrected chi connectivity index (χ3v) is 2.14. The summed E-state index contributed by atoms with van der Waals surface area (Å²) >= 11 is 0. The lowest BCUT2D eigenvalue weighted by Crippen LogP contribution is -2.21. The predicted molar refractivity (Wildman–Crippen MR) is 66.3 cm³/mol. The van der Waals surface area contributed by atoms with Crippen LogP contribution in [0.15, 0.2) is 46.3 Å². The van der Waals surface area contributed by atoms with Crippen molar-refractivity contribution in [3.63, 3.8) is 0 Å². The van der Waals surface area contributed by atoms with Crippen molar-refractivity contribution in [2.75, 3.05) is 0 Å². The van der Waals surface area contributed by atoms with E-state index in [0.717, 1.165) is 0 Å². The predicted octanol–water partition coefficient (Wildman–Crippen LogP) is 0.673. The van der Waals surface area contributed by atoms with Gasteiger partial charge in [0.1, 0.15) is 5.82 Å². The van der Waals surface area contributed by atoms with Crippen LogP contribution in [0.4, 0.5) is 4.39 Å². The Labute approximate surface area is 107 Å². The van der Waals surface area contributed by atoms with Crippen LogP contribution >= 0.6 is 0 Å². The SMILES string of the molecule is O=C(NN=Cc1cccc(F)c1)c1ccc(=O)[nH]n1. The first-order valence-electron chi connectivity index (χ1n) is 5.30. The molecule has 0 fully saturated rings. The molecule has 2 N–H and O–H groups in total. The van der Waals surface area contributed by atoms with Gasteiger partial charge in [-0.05, 0) is 23.8 Å². The molecule has 1 aromatic heterocycles. The van der Waals surface area contributed by atoms with Crippen LogP contribution in [0.2, 0.25) is 0 Å². The second-order valence-electron chi connectivity index (χ2n) is 3.56. The molecule has 1 heterocycles. The van der Waals surface area contributed by atoms with Gasteiger partial charge in [0.25, 0.3) is 11.5 Å². The molecule has 0 radical (unpaired) electrons. The minimum atomic E-state index is -0.580. The van der Waals surface area contributed by atoms with Crippen molar-refractivity contribution < 1.29 is 9.18 Å². The Balaban J connectivity index is 2.00. The van der Waals surface area contributed by atoms with Gasteiger partial charge in [-0.1, -0.05) is 12.1 Å². The van der Waals surface area contributed by atoms with Crippen LogP contribution in [0, 0.1) is 5.82 Å². The molecule has 0 bridgehead atoms. The summed E-state index contributed by atoms with van der Waals surface area (Å²) in [5.74, 6) is -0.971. The number of carbonyl (C=O) groups is 1. The molecule has 0 atom stereocenters. The van der Waals surface area contributed by atoms with Crippen LogP contribution in [0.3, 0.4) is 0 Å². The van der Waals surface area contributed by atoms with Gasteiger partial charge in [0.05, 0.1) is 6.21 Å². The fourth-order valence-electron chi connectivity index (χ4n) is 1.28. The Morgan fingerprint density at radius 3 is 2.89 bits per heavy atom. The van der Waals surface area contributed by atoms with Gasteiger partial charge in [-0.25, -0.2) is 14.9 Å². The number of aromatic nitrogens is 2. The van der Waals surface area contributed by atoms with E-state index in [1.807, 2.05) is 0 Å². The summed E-state index contributed by atoms with van der Waals surface area (Å²) in [6.45, 7) is 0. The Morgan fingerprint density at radius 1 is 1.37 bits per heavy atom. The van der Waals surface area contributed by atoms with Crippen LogP contribution < -0.4 is 11.0 Å². The van der Waals surface area contributed by atoms with Crippen molar-refractivity contribution in [1.29, 1.82) is 0 Å². The second-order valence-corrected chi connectivity index (χ2v) is 3.56. The molecular formula is C12H9FN4O2. The van der Waals surface area contributed by atoms with E-state index in [-0.39, 0.29) is 5.69 Å². The first-order chi connectivity index (χ1) is 9.15. The lowest BCUT2D eigenvalue weighted by molar-refractivity contribution is 0.0949. The van der Waals surface area contributed by atoms with Gasteiger partial charge in [0.15, 0.2) is 5.69 Å². The first kappa shape index (κ1) is 12.6. The fraction of sp³-hybridized carbons (Fsp3) is 0. The molecule has 0 saturated carbocycles. The lowest BCUT2D eigenvalue weighted by Gasteiger charge is -1.97. The molecule has 2 rings (SSSR count). The summed E-state index contributed by atoms with van der Waals surface area (Å²) < 4.78 is 12.9. The van der Waals surface area contributed by atoms with Crippen LogP contribution in [-0.2, 0) is 0 Å². The molecule has 19 heavy (non-hydrogen) atoms. The van der Waals surface area contributed by atoms with Crippen LogP contribution in [0.1, 0.15) is 16.1 Å². The van der Waals surface area contributed by atoms with Gasteiger partial charge >= 0.3 is 0 Å². The molecule has 0 spiro atoms. The smallest absolute Gasteiger partial charge is 0.268 e. The van der Waals surface area contributed by atoms with E-state index in [9.17, 15) is 14.0 Å². The number of carbonyl (C=O) groups excluding carboxylic acids is 1. The molecule has 0 aliphatic rings. The maximum Gasteiger partial charge on any atom is 0.291 e. The summed E-state index contributed by atoms with van der Waals surface area (Å²) in [5.41, 5.74) is 2.34. The highest BCUT2D eigenvalue weighted by Crippen LogP contribution is 2.00. The molecule has 0 aliphatic carbocycles. The van der Waals surface area contributed by atoms with Crippen molar-refractivity contribution in [2.45, 2.75) is 0 Å². The van der Waals surface area contributed by atoms with E-state index < -0.39 is 17.3 Å². The topological polar surface area (TPSA) is 87.2 Å². The van der Waals surface area contributed by atoms with Gasteiger partial charge < -0.3 is 0 Å². The van der Waals surface area contributed by atoms with Gasteiger partial charge in [0.2, 0.25) is 0 Å². The highest BCUT2D eigenvalue weighted by molar-refractivity contribution is 5.92. The summed E-state index contributed by atoms with van der Waals surface area (Å²) in [7, 11) is 0. The van der Waals surface area contributed by atoms with Crippen molar-refractivity contribution in [2.24, 2.45) is 5.10 Å². The molecular weight excluding hydrogens is 251 g/mol. The number of amides is 1. The number of nitrogens with zero attached hydrogens (tertiary/aromatic N) is 2. The second kappa shape index (κ2) is 5.67. The number of halogens is 1. The third kappa shape index (κ3) is 3.56. The number of aromatic amines is 1. The zero-order valence-corrected chi connectivity index (χ0v) is 9.63. The Kier molecular flexibility index (Phi) is 3.77. The van der Waals surface area contributed by atoms with Gasteiger partial charge in [-0.3, -0.25) is 9.59 Å². The normalized spacial score (nSPS) is 10.6. The first-order valence-corrected chi connectivity index (χ1v) is 5.30. The molecule has 7 heteroatoms. The van der Waals surface area contributed by atoms with Gasteiger partial charge in [-0.15, -0.1) is 0 Å². The number of H-pyrrole nitrogens is 1. The molecule has 1 amide bonds. The van der Waals surface area contributed by atoms with Crippen LogP contribution in [0.25, 0.3) is 0 Å². The molecule has 0 saturated heterocycles. The fourth-order valence-corrected chi connectivity index (χ4v) is 1.28. The maximum absolute atomic E-state index is 12.9. The van der Waals surface area contributed by atoms with E-state index in [0.29, 0.717) is 5.56 Å². The number of hydrogen-bond acceptors (Lipinski definition) is 4. The molecule has 96 valence electrons. The molecule has 0 aliphatic heterocycles. The molecule has 1 aromatic carbocycles. The number of rotatable bonds is 3. The van der Waals surface area contributed by atoms with Crippen LogP contribution in [0.5, 0.6) is 0 Å². The third-order valence-electron chi connectivity index (χ3n) is 2.14. The maximum atomic E-state index is 12.9. The average Bonchev–Trinajstić information content (AvgIpc) is 2.39. The monoisotopic (exact) mass is 260 g/mol. The quantitative estimate of drug-likeness (QED) is 0.628. The number of benzene rings is 1. The molecule has 6 nitrogen and oxygen atoms in total. The van der Waals surface area contributed by atoms with Crippen molar-refractivity contribution in [3.8, 4) is 0 Å². The highest BCUT2D eigenvalue weighted by atomic mass is 19.1. The van der Waals surface area contributed by atoms with E-state index in [1.54, 1.807) is 6.07 Å². The average molecular weight is 260 g/mol. The minimum Gasteiger partial charge on any atom is -0.268 e. The standard InChI is InChI=1S/C12H9FN4O2/c13-9-3-1-2-8(6-9)7-14-17-12(19)10-4-5-11(18)16-15-10/h1-7H,(H,16,18)(H,17,19). The Hall–Kier alpha value is -2.83. The van der Waals surface area contributed by atoms with E-state index in [1.165, 1.54) is 36.5 Å². The molecule has 0 unspecified atom stereocenters. The Morgan fingerprint density at radius 2 is 2.21 bits per heavy atom. The Bertz CT molecular complexity index is 661. The number of hydrogen-bond donors (Lipinski definition) is 2.